The van der Waals surface area contributed by atoms with E-state index in [1.165, 1.54) is 13.0 Å². The molecule has 2 aliphatic rings. The molecule has 0 saturated carbocycles. The topological polar surface area (TPSA) is 181 Å². The lowest BCUT2D eigenvalue weighted by Crippen LogP contribution is -2.65. The van der Waals surface area contributed by atoms with Crippen LogP contribution in [0.5, 0.6) is 0 Å². The number of ether oxygens (including phenoxy) is 2. The molecule has 2 fully saturated rings. The zero-order valence-corrected chi connectivity index (χ0v) is 18.2. The molecule has 5 unspecified atom stereocenters. The van der Waals surface area contributed by atoms with Crippen molar-refractivity contribution in [3.05, 3.63) is 12.7 Å². The van der Waals surface area contributed by atoms with E-state index in [1.807, 2.05) is 0 Å². The minimum atomic E-state index is -1.42. The number of imide groups is 1. The quantitative estimate of drug-likeness (QED) is 0.195. The molecule has 2 heterocycles. The highest BCUT2D eigenvalue weighted by Crippen LogP contribution is 2.22. The van der Waals surface area contributed by atoms with Gasteiger partial charge < -0.3 is 35.2 Å². The molecule has 0 bridgehead atoms. The van der Waals surface area contributed by atoms with Crippen LogP contribution >= 0.6 is 0 Å². The van der Waals surface area contributed by atoms with E-state index in [9.17, 15) is 34.2 Å². The highest BCUT2D eigenvalue weighted by molar-refractivity contribution is 6.01. The summed E-state index contributed by atoms with van der Waals surface area (Å²) in [5, 5.41) is 26.1. The molecule has 0 aromatic carbocycles. The van der Waals surface area contributed by atoms with Gasteiger partial charge in [-0.2, -0.15) is 0 Å². The smallest absolute Gasteiger partial charge is 0.333 e. The van der Waals surface area contributed by atoms with Crippen LogP contribution in [0.1, 0.15) is 39.0 Å². The zero-order valence-electron chi connectivity index (χ0n) is 18.2. The molecule has 2 rings (SSSR count). The molecule has 4 N–H and O–H groups in total. The minimum absolute atomic E-state index is 0.0106. The Labute approximate surface area is 190 Å². The third-order valence-corrected chi connectivity index (χ3v) is 4.93. The summed E-state index contributed by atoms with van der Waals surface area (Å²) in [4.78, 5) is 62.8. The first kappa shape index (κ1) is 26.4. The summed E-state index contributed by atoms with van der Waals surface area (Å²) in [7, 11) is 0. The fourth-order valence-electron chi connectivity index (χ4n) is 3.30. The molecule has 184 valence electrons. The van der Waals surface area contributed by atoms with Gasteiger partial charge >= 0.3 is 5.97 Å². The van der Waals surface area contributed by atoms with E-state index in [-0.39, 0.29) is 45.3 Å². The van der Waals surface area contributed by atoms with Crippen molar-refractivity contribution in [1.82, 2.24) is 15.7 Å². The maximum Gasteiger partial charge on any atom is 0.333 e. The van der Waals surface area contributed by atoms with Crippen molar-refractivity contribution < 1.29 is 48.5 Å². The zero-order chi connectivity index (χ0) is 24.5. The maximum atomic E-state index is 12.1. The summed E-state index contributed by atoms with van der Waals surface area (Å²) >= 11 is 0. The number of hydroxylamine groups is 2. The summed E-state index contributed by atoms with van der Waals surface area (Å²) in [6, 6.07) is -1.02. The average molecular weight is 471 g/mol. The third-order valence-electron chi connectivity index (χ3n) is 4.93. The van der Waals surface area contributed by atoms with Gasteiger partial charge in [0.05, 0.1) is 6.61 Å². The van der Waals surface area contributed by atoms with Crippen molar-refractivity contribution in [2.24, 2.45) is 0 Å². The molecule has 0 aromatic heterocycles. The van der Waals surface area contributed by atoms with Gasteiger partial charge in [-0.25, -0.2) is 4.79 Å². The standard InChI is InChI=1S/C20H29N3O10/c1-3-9-31-20-17(22-11(2)24)19(30)18(29)12(32-20)10-21-13(25)5-4-6-16(28)33-23-14(26)7-8-15(23)27/h3,12,17-20,29-30H,1,4-10H2,2H3,(H,21,25)(H,22,24). The van der Waals surface area contributed by atoms with Crippen LogP contribution in [0.2, 0.25) is 0 Å². The molecule has 33 heavy (non-hydrogen) atoms. The van der Waals surface area contributed by atoms with Crippen LogP contribution in [-0.4, -0.2) is 88.7 Å². The molecule has 2 saturated heterocycles. The van der Waals surface area contributed by atoms with E-state index in [1.54, 1.807) is 0 Å². The van der Waals surface area contributed by atoms with Crippen LogP contribution in [0.3, 0.4) is 0 Å². The first-order chi connectivity index (χ1) is 15.6. The summed E-state index contributed by atoms with van der Waals surface area (Å²) in [6.45, 7) is 4.65. The Morgan fingerprint density at radius 2 is 1.85 bits per heavy atom. The second-order valence-corrected chi connectivity index (χ2v) is 7.58. The minimum Gasteiger partial charge on any atom is -0.388 e. The summed E-state index contributed by atoms with van der Waals surface area (Å²) < 4.78 is 11.0. The largest absolute Gasteiger partial charge is 0.388 e. The lowest BCUT2D eigenvalue weighted by atomic mass is 9.96. The fraction of sp³-hybridized carbons (Fsp3) is 0.650. The molecular formula is C20H29N3O10. The molecule has 13 heteroatoms. The van der Waals surface area contributed by atoms with Crippen molar-refractivity contribution >= 4 is 29.6 Å². The van der Waals surface area contributed by atoms with Crippen molar-refractivity contribution in [3.63, 3.8) is 0 Å². The van der Waals surface area contributed by atoms with Crippen LogP contribution in [-0.2, 0) is 38.3 Å². The third kappa shape index (κ3) is 7.60. The summed E-state index contributed by atoms with van der Waals surface area (Å²) in [6.07, 6.45) is -3.70. The molecule has 2 aliphatic heterocycles. The highest BCUT2D eigenvalue weighted by Gasteiger charge is 2.45. The Hall–Kier alpha value is -2.87. The fourth-order valence-corrected chi connectivity index (χ4v) is 3.30. The first-order valence-electron chi connectivity index (χ1n) is 10.5. The number of aliphatic hydroxyl groups excluding tert-OH is 2. The maximum absolute atomic E-state index is 12.1. The number of carbonyl (C=O) groups is 5. The van der Waals surface area contributed by atoms with Gasteiger partial charge in [0, 0.05) is 39.2 Å². The van der Waals surface area contributed by atoms with Gasteiger partial charge in [-0.05, 0) is 6.42 Å². The lowest BCUT2D eigenvalue weighted by Gasteiger charge is -2.42. The number of amides is 4. The molecule has 4 amide bonds. The van der Waals surface area contributed by atoms with Gasteiger partial charge in [0.25, 0.3) is 11.8 Å². The molecule has 0 radical (unpaired) electrons. The Bertz CT molecular complexity index is 757. The van der Waals surface area contributed by atoms with Crippen molar-refractivity contribution in [1.29, 1.82) is 0 Å². The van der Waals surface area contributed by atoms with E-state index in [4.69, 9.17) is 14.3 Å². The predicted octanol–water partition coefficient (Wildman–Crippen LogP) is -1.97. The van der Waals surface area contributed by atoms with E-state index < -0.39 is 60.2 Å². The monoisotopic (exact) mass is 471 g/mol. The van der Waals surface area contributed by atoms with E-state index in [0.717, 1.165) is 0 Å². The highest BCUT2D eigenvalue weighted by atomic mass is 16.7. The average Bonchev–Trinajstić information content (AvgIpc) is 3.07. The number of carbonyl (C=O) groups excluding carboxylic acids is 5. The Kier molecular flexibility index (Phi) is 9.91. The van der Waals surface area contributed by atoms with Gasteiger partial charge in [0.1, 0.15) is 24.4 Å². The van der Waals surface area contributed by atoms with E-state index >= 15 is 0 Å². The number of hydrogen-bond acceptors (Lipinski definition) is 10. The second kappa shape index (κ2) is 12.4. The van der Waals surface area contributed by atoms with Gasteiger partial charge in [-0.3, -0.25) is 19.2 Å². The lowest BCUT2D eigenvalue weighted by molar-refractivity contribution is -0.259. The number of nitrogens with one attached hydrogen (secondary N) is 2. The van der Waals surface area contributed by atoms with Crippen molar-refractivity contribution in [2.75, 3.05) is 13.2 Å². The van der Waals surface area contributed by atoms with Gasteiger partial charge in [-0.15, -0.1) is 11.6 Å². The van der Waals surface area contributed by atoms with Crippen molar-refractivity contribution in [2.45, 2.75) is 69.7 Å². The van der Waals surface area contributed by atoms with Gasteiger partial charge in [0.15, 0.2) is 6.29 Å². The van der Waals surface area contributed by atoms with E-state index in [2.05, 4.69) is 17.2 Å². The van der Waals surface area contributed by atoms with Gasteiger partial charge in [-0.1, -0.05) is 6.08 Å². The van der Waals surface area contributed by atoms with Crippen molar-refractivity contribution in [3.8, 4) is 0 Å². The number of hydrogen-bond donors (Lipinski definition) is 4. The van der Waals surface area contributed by atoms with Gasteiger partial charge in [0.2, 0.25) is 11.8 Å². The summed E-state index contributed by atoms with van der Waals surface area (Å²) in [5.74, 6) is -2.91. The molecule has 0 aliphatic carbocycles. The normalized spacial score (nSPS) is 27.2. The summed E-state index contributed by atoms with van der Waals surface area (Å²) in [5.41, 5.74) is 0. The molecular weight excluding hydrogens is 442 g/mol. The molecule has 0 aromatic rings. The first-order valence-corrected chi connectivity index (χ1v) is 10.5. The predicted molar refractivity (Wildman–Crippen MR) is 108 cm³/mol. The van der Waals surface area contributed by atoms with Crippen LogP contribution in [0.25, 0.3) is 0 Å². The second-order valence-electron chi connectivity index (χ2n) is 7.58. The van der Waals surface area contributed by atoms with Crippen LogP contribution in [0.4, 0.5) is 0 Å². The Balaban J connectivity index is 1.77. The van der Waals surface area contributed by atoms with Crippen LogP contribution < -0.4 is 10.6 Å². The van der Waals surface area contributed by atoms with Crippen LogP contribution in [0, 0.1) is 0 Å². The Morgan fingerprint density at radius 1 is 1.18 bits per heavy atom. The van der Waals surface area contributed by atoms with Crippen LogP contribution in [0.15, 0.2) is 12.7 Å². The number of aliphatic hydroxyl groups is 2. The number of rotatable bonds is 11. The number of nitrogens with zero attached hydrogens (tertiary/aromatic N) is 1. The molecule has 5 atom stereocenters. The molecule has 0 spiro atoms. The van der Waals surface area contributed by atoms with E-state index in [0.29, 0.717) is 5.06 Å². The SMILES string of the molecule is C=CCOC1OC(CNC(=O)CCCC(=O)ON2C(=O)CCC2=O)C(O)C(O)C1NC(C)=O. The molecule has 13 nitrogen and oxygen atoms in total. The Morgan fingerprint density at radius 3 is 2.45 bits per heavy atom.